The van der Waals surface area contributed by atoms with Crippen molar-refractivity contribution in [3.05, 3.63) is 28.2 Å². The van der Waals surface area contributed by atoms with E-state index in [0.717, 1.165) is 22.1 Å². The summed E-state index contributed by atoms with van der Waals surface area (Å²) in [5, 5.41) is 5.55. The molecule has 0 aromatic heterocycles. The van der Waals surface area contributed by atoms with Crippen LogP contribution in [0.4, 0.5) is 5.69 Å². The summed E-state index contributed by atoms with van der Waals surface area (Å²) in [5.74, 6) is -0.364. The Bertz CT molecular complexity index is 550. The number of aryl methyl sites for hydroxylation is 1. The first kappa shape index (κ1) is 21.9. The van der Waals surface area contributed by atoms with Gasteiger partial charge in [0.25, 0.3) is 0 Å². The number of carbonyl (C=O) groups is 2. The highest BCUT2D eigenvalue weighted by molar-refractivity contribution is 9.10. The zero-order valence-electron chi connectivity index (χ0n) is 13.7. The number of anilines is 1. The van der Waals surface area contributed by atoms with Crippen molar-refractivity contribution in [2.75, 3.05) is 11.9 Å². The zero-order chi connectivity index (χ0) is 16.8. The van der Waals surface area contributed by atoms with Crippen molar-refractivity contribution < 1.29 is 9.59 Å². The molecule has 1 atom stereocenters. The summed E-state index contributed by atoms with van der Waals surface area (Å²) in [5.41, 5.74) is 6.80. The predicted octanol–water partition coefficient (Wildman–Crippen LogP) is 3.14. The third kappa shape index (κ3) is 7.33. The van der Waals surface area contributed by atoms with Gasteiger partial charge in [0.15, 0.2) is 0 Å². The van der Waals surface area contributed by atoms with Crippen molar-refractivity contribution in [3.8, 4) is 0 Å². The van der Waals surface area contributed by atoms with E-state index in [1.807, 2.05) is 32.0 Å². The Morgan fingerprint density at radius 2 is 2.00 bits per heavy atom. The van der Waals surface area contributed by atoms with Crippen molar-refractivity contribution in [2.45, 2.75) is 45.6 Å². The van der Waals surface area contributed by atoms with E-state index in [-0.39, 0.29) is 37.2 Å². The molecule has 0 fully saturated rings. The van der Waals surface area contributed by atoms with Crippen molar-refractivity contribution in [3.63, 3.8) is 0 Å². The van der Waals surface area contributed by atoms with Gasteiger partial charge in [-0.1, -0.05) is 35.3 Å². The van der Waals surface area contributed by atoms with E-state index in [0.29, 0.717) is 6.42 Å². The fourth-order valence-electron chi connectivity index (χ4n) is 2.07. The van der Waals surface area contributed by atoms with Gasteiger partial charge in [0.2, 0.25) is 11.8 Å². The van der Waals surface area contributed by atoms with Gasteiger partial charge < -0.3 is 16.4 Å². The van der Waals surface area contributed by atoms with Crippen LogP contribution in [0.25, 0.3) is 0 Å². The third-order valence-electron chi connectivity index (χ3n) is 3.40. The fourth-order valence-corrected chi connectivity index (χ4v) is 2.43. The molecule has 0 radical (unpaired) electrons. The first-order valence-corrected chi connectivity index (χ1v) is 8.18. The molecule has 23 heavy (non-hydrogen) atoms. The van der Waals surface area contributed by atoms with Crippen LogP contribution in [0.1, 0.15) is 38.7 Å². The van der Waals surface area contributed by atoms with Crippen LogP contribution >= 0.6 is 28.3 Å². The van der Waals surface area contributed by atoms with E-state index in [4.69, 9.17) is 5.73 Å². The maximum atomic E-state index is 11.9. The van der Waals surface area contributed by atoms with E-state index in [2.05, 4.69) is 26.6 Å². The summed E-state index contributed by atoms with van der Waals surface area (Å²) in [7, 11) is 0. The Hall–Kier alpha value is -1.11. The molecule has 0 aliphatic rings. The largest absolute Gasteiger partial charge is 0.354 e. The van der Waals surface area contributed by atoms with Crippen LogP contribution in [0.3, 0.4) is 0 Å². The monoisotopic (exact) mass is 405 g/mol. The number of hydrogen-bond acceptors (Lipinski definition) is 3. The predicted molar refractivity (Wildman–Crippen MR) is 99.9 cm³/mol. The minimum absolute atomic E-state index is 0. The van der Waals surface area contributed by atoms with Gasteiger partial charge >= 0.3 is 0 Å². The highest BCUT2D eigenvalue weighted by Crippen LogP contribution is 2.20. The van der Waals surface area contributed by atoms with Crippen LogP contribution in [-0.4, -0.2) is 23.9 Å². The van der Waals surface area contributed by atoms with Gasteiger partial charge in [-0.3, -0.25) is 9.59 Å². The summed E-state index contributed by atoms with van der Waals surface area (Å²) in [4.78, 5) is 23.8. The average Bonchev–Trinajstić information content (AvgIpc) is 2.42. The SMILES string of the molecule is CCCC(C)(N)C(=O)NCCC(=O)Nc1cc(Br)ccc1C.Cl. The first-order chi connectivity index (χ1) is 10.3. The topological polar surface area (TPSA) is 84.2 Å². The molecule has 0 aliphatic heterocycles. The molecule has 1 aromatic carbocycles. The lowest BCUT2D eigenvalue weighted by Crippen LogP contribution is -2.51. The van der Waals surface area contributed by atoms with Gasteiger partial charge in [-0.2, -0.15) is 0 Å². The Morgan fingerprint density at radius 3 is 2.61 bits per heavy atom. The van der Waals surface area contributed by atoms with Crippen LogP contribution in [0.2, 0.25) is 0 Å². The Labute approximate surface area is 152 Å². The van der Waals surface area contributed by atoms with Crippen LogP contribution in [0.15, 0.2) is 22.7 Å². The van der Waals surface area contributed by atoms with E-state index in [1.54, 1.807) is 6.92 Å². The number of benzene rings is 1. The summed E-state index contributed by atoms with van der Waals surface area (Å²) in [6.07, 6.45) is 1.66. The summed E-state index contributed by atoms with van der Waals surface area (Å²) in [6, 6.07) is 5.69. The molecule has 4 N–H and O–H groups in total. The number of amides is 2. The smallest absolute Gasteiger partial charge is 0.239 e. The molecular formula is C16H25BrClN3O2. The number of carbonyl (C=O) groups excluding carboxylic acids is 2. The van der Waals surface area contributed by atoms with Crippen LogP contribution in [0.5, 0.6) is 0 Å². The van der Waals surface area contributed by atoms with Crippen LogP contribution in [-0.2, 0) is 9.59 Å². The molecule has 1 rings (SSSR count). The second-order valence-electron chi connectivity index (χ2n) is 5.68. The Kier molecular flexibility index (Phi) is 9.42. The number of hydrogen-bond donors (Lipinski definition) is 3. The number of nitrogens with two attached hydrogens (primary N) is 1. The lowest BCUT2D eigenvalue weighted by atomic mass is 9.96. The summed E-state index contributed by atoms with van der Waals surface area (Å²) < 4.78 is 0.903. The molecule has 0 spiro atoms. The van der Waals surface area contributed by atoms with Crippen molar-refractivity contribution in [1.29, 1.82) is 0 Å². The maximum absolute atomic E-state index is 11.9. The van der Waals surface area contributed by atoms with Crippen molar-refractivity contribution in [1.82, 2.24) is 5.32 Å². The van der Waals surface area contributed by atoms with Crippen LogP contribution in [0, 0.1) is 6.92 Å². The molecule has 0 saturated heterocycles. The van der Waals surface area contributed by atoms with Gasteiger partial charge in [0.1, 0.15) is 0 Å². The summed E-state index contributed by atoms with van der Waals surface area (Å²) >= 11 is 3.37. The molecule has 2 amide bonds. The van der Waals surface area contributed by atoms with E-state index < -0.39 is 5.54 Å². The normalized spacial score (nSPS) is 12.7. The molecule has 130 valence electrons. The highest BCUT2D eigenvalue weighted by atomic mass is 79.9. The summed E-state index contributed by atoms with van der Waals surface area (Å²) in [6.45, 7) is 5.88. The van der Waals surface area contributed by atoms with E-state index in [1.165, 1.54) is 0 Å². The lowest BCUT2D eigenvalue weighted by molar-refractivity contribution is -0.126. The number of halogens is 2. The molecule has 1 aromatic rings. The van der Waals surface area contributed by atoms with Crippen LogP contribution < -0.4 is 16.4 Å². The van der Waals surface area contributed by atoms with Gasteiger partial charge in [0.05, 0.1) is 5.54 Å². The minimum atomic E-state index is -0.883. The molecule has 0 bridgehead atoms. The quantitative estimate of drug-likeness (QED) is 0.650. The molecule has 0 saturated carbocycles. The van der Waals surface area contributed by atoms with Crippen molar-refractivity contribution >= 4 is 45.8 Å². The molecule has 0 heterocycles. The van der Waals surface area contributed by atoms with Crippen molar-refractivity contribution in [2.24, 2.45) is 5.73 Å². The Balaban J connectivity index is 0.00000484. The second kappa shape index (κ2) is 9.90. The van der Waals surface area contributed by atoms with Gasteiger partial charge in [-0.25, -0.2) is 0 Å². The number of rotatable bonds is 7. The minimum Gasteiger partial charge on any atom is -0.354 e. The maximum Gasteiger partial charge on any atom is 0.239 e. The molecule has 1 unspecified atom stereocenters. The molecule has 7 heteroatoms. The fraction of sp³-hybridized carbons (Fsp3) is 0.500. The number of nitrogens with one attached hydrogen (secondary N) is 2. The Morgan fingerprint density at radius 1 is 1.35 bits per heavy atom. The highest BCUT2D eigenvalue weighted by Gasteiger charge is 2.26. The second-order valence-corrected chi connectivity index (χ2v) is 6.60. The van der Waals surface area contributed by atoms with Gasteiger partial charge in [-0.15, -0.1) is 12.4 Å². The van der Waals surface area contributed by atoms with Gasteiger partial charge in [-0.05, 0) is 38.0 Å². The lowest BCUT2D eigenvalue weighted by Gasteiger charge is -2.22. The standard InChI is InChI=1S/C16H24BrN3O2.ClH/c1-4-8-16(3,18)15(22)19-9-7-14(21)20-13-10-12(17)6-5-11(13)2;/h5-6,10H,4,7-9,18H2,1-3H3,(H,19,22)(H,20,21);1H. The zero-order valence-corrected chi connectivity index (χ0v) is 16.1. The molecular weight excluding hydrogens is 382 g/mol. The van der Waals surface area contributed by atoms with E-state index >= 15 is 0 Å². The van der Waals surface area contributed by atoms with E-state index in [9.17, 15) is 9.59 Å². The van der Waals surface area contributed by atoms with Gasteiger partial charge in [0, 0.05) is 23.1 Å². The first-order valence-electron chi connectivity index (χ1n) is 7.39. The molecule has 5 nitrogen and oxygen atoms in total. The third-order valence-corrected chi connectivity index (χ3v) is 3.89. The average molecular weight is 407 g/mol. The molecule has 0 aliphatic carbocycles.